The van der Waals surface area contributed by atoms with Crippen LogP contribution in [0.25, 0.3) is 0 Å². The minimum Gasteiger partial charge on any atom is -0.353 e. The van der Waals surface area contributed by atoms with E-state index in [1.165, 1.54) is 6.42 Å². The van der Waals surface area contributed by atoms with Gasteiger partial charge in [0.1, 0.15) is 0 Å². The summed E-state index contributed by atoms with van der Waals surface area (Å²) in [4.78, 5) is 11.4. The fourth-order valence-corrected chi connectivity index (χ4v) is 8.80. The van der Waals surface area contributed by atoms with Crippen molar-refractivity contribution in [2.24, 2.45) is 11.8 Å². The average Bonchev–Trinajstić information content (AvgIpc) is 2.55. The monoisotopic (exact) mass is 281 g/mol. The molecule has 0 bridgehead atoms. The van der Waals surface area contributed by atoms with Crippen molar-refractivity contribution >= 4 is 39.0 Å². The second-order valence-electron chi connectivity index (χ2n) is 4.59. The number of carbonyl (C=O) groups excluding carboxylic acids is 1. The van der Waals surface area contributed by atoms with Crippen LogP contribution in [0.5, 0.6) is 0 Å². The van der Waals surface area contributed by atoms with Gasteiger partial charge in [-0.2, -0.15) is 0 Å². The highest BCUT2D eigenvalue weighted by Crippen LogP contribution is 2.73. The third kappa shape index (κ3) is 2.55. The van der Waals surface area contributed by atoms with Gasteiger partial charge in [-0.05, 0) is 30.3 Å². The zero-order chi connectivity index (χ0) is 11.0. The molecule has 1 amide bonds. The Hall–Kier alpha value is 1.19. The standard InChI is InChI=1S/C9H19NOP4/c1-5-7(15(13)14-12)4-6-2-3-8(11)10-9(5)6/h5-7,9,14H,2-4,12-13H2,1H3,(H,10,11)/t5-,6?,7-,9?,15?/m0/s1. The van der Waals surface area contributed by atoms with Crippen molar-refractivity contribution in [2.45, 2.75) is 37.9 Å². The normalized spacial score (nSPS) is 43.0. The molecule has 0 spiro atoms. The third-order valence-electron chi connectivity index (χ3n) is 3.80. The number of fused-ring (bicyclic) bond motifs is 1. The maximum atomic E-state index is 11.4. The lowest BCUT2D eigenvalue weighted by molar-refractivity contribution is -0.124. The Bertz CT molecular complexity index is 262. The van der Waals surface area contributed by atoms with E-state index in [1.807, 2.05) is 0 Å². The molecule has 6 unspecified atom stereocenters. The summed E-state index contributed by atoms with van der Waals surface area (Å²) < 4.78 is 0. The Morgan fingerprint density at radius 3 is 3.00 bits per heavy atom. The van der Waals surface area contributed by atoms with Gasteiger partial charge in [0.25, 0.3) is 0 Å². The van der Waals surface area contributed by atoms with Gasteiger partial charge in [0, 0.05) is 12.5 Å². The van der Waals surface area contributed by atoms with Crippen molar-refractivity contribution in [2.75, 3.05) is 0 Å². The lowest BCUT2D eigenvalue weighted by Crippen LogP contribution is -2.45. The summed E-state index contributed by atoms with van der Waals surface area (Å²) >= 11 is 0. The largest absolute Gasteiger partial charge is 0.353 e. The molecule has 2 aliphatic rings. The molecule has 1 heterocycles. The van der Waals surface area contributed by atoms with Crippen molar-refractivity contribution < 1.29 is 4.79 Å². The predicted molar refractivity (Wildman–Crippen MR) is 76.9 cm³/mol. The first kappa shape index (κ1) is 12.6. The Labute approximate surface area is 99.1 Å². The van der Waals surface area contributed by atoms with Crippen LogP contribution in [-0.2, 0) is 4.79 Å². The van der Waals surface area contributed by atoms with Gasteiger partial charge in [-0.15, -0.1) is 17.9 Å². The molecule has 2 nitrogen and oxygen atoms in total. The predicted octanol–water partition coefficient (Wildman–Crippen LogP) is 2.95. The van der Waals surface area contributed by atoms with E-state index in [9.17, 15) is 4.79 Å². The Morgan fingerprint density at radius 1 is 1.60 bits per heavy atom. The molecule has 0 aromatic carbocycles. The molecule has 2 fully saturated rings. The Morgan fingerprint density at radius 2 is 2.33 bits per heavy atom. The van der Waals surface area contributed by atoms with Crippen molar-refractivity contribution in [1.29, 1.82) is 0 Å². The maximum Gasteiger partial charge on any atom is 0.220 e. The van der Waals surface area contributed by atoms with Gasteiger partial charge >= 0.3 is 0 Å². The number of carbonyl (C=O) groups is 1. The number of nitrogens with one attached hydrogen (secondary N) is 1. The molecule has 1 saturated heterocycles. The van der Waals surface area contributed by atoms with E-state index in [2.05, 4.69) is 30.1 Å². The van der Waals surface area contributed by atoms with Crippen molar-refractivity contribution in [3.8, 4) is 0 Å². The van der Waals surface area contributed by atoms with E-state index in [0.717, 1.165) is 32.4 Å². The maximum absolute atomic E-state index is 11.4. The van der Waals surface area contributed by atoms with E-state index in [4.69, 9.17) is 0 Å². The van der Waals surface area contributed by atoms with E-state index in [0.29, 0.717) is 12.0 Å². The highest BCUT2D eigenvalue weighted by Gasteiger charge is 2.44. The number of piperidine rings is 1. The molecular formula is C9H19NOP4. The van der Waals surface area contributed by atoms with Crippen LogP contribution in [0.15, 0.2) is 0 Å². The molecule has 0 aromatic rings. The van der Waals surface area contributed by atoms with Gasteiger partial charge in [0.2, 0.25) is 5.91 Å². The second-order valence-corrected chi connectivity index (χ2v) is 14.2. The molecule has 8 atom stereocenters. The van der Waals surface area contributed by atoms with Crippen molar-refractivity contribution in [3.63, 3.8) is 0 Å². The summed E-state index contributed by atoms with van der Waals surface area (Å²) in [5.41, 5.74) is 0.842. The molecule has 0 aromatic heterocycles. The van der Waals surface area contributed by atoms with Crippen LogP contribution >= 0.6 is 33.1 Å². The van der Waals surface area contributed by atoms with Gasteiger partial charge in [-0.1, -0.05) is 22.2 Å². The van der Waals surface area contributed by atoms with Crippen LogP contribution in [0.1, 0.15) is 26.2 Å². The molecule has 15 heavy (non-hydrogen) atoms. The van der Waals surface area contributed by atoms with E-state index in [-0.39, 0.29) is 13.2 Å². The fourth-order valence-electron chi connectivity index (χ4n) is 2.92. The minimum atomic E-state index is 0.0861. The lowest BCUT2D eigenvalue weighted by Gasteiger charge is -2.29. The molecule has 1 saturated carbocycles. The Balaban J connectivity index is 2.06. The Kier molecular flexibility index (Phi) is 4.41. The van der Waals surface area contributed by atoms with Crippen LogP contribution in [0.4, 0.5) is 0 Å². The molecule has 0 radical (unpaired) electrons. The van der Waals surface area contributed by atoms with E-state index in [1.54, 1.807) is 0 Å². The van der Waals surface area contributed by atoms with Crippen LogP contribution in [0.3, 0.4) is 0 Å². The summed E-state index contributed by atoms with van der Waals surface area (Å²) in [6.07, 6.45) is 3.20. The smallest absolute Gasteiger partial charge is 0.220 e. The third-order valence-corrected chi connectivity index (χ3v) is 15.2. The van der Waals surface area contributed by atoms with Gasteiger partial charge in [-0.25, -0.2) is 0 Å². The summed E-state index contributed by atoms with van der Waals surface area (Å²) in [6.45, 7) is 2.32. The van der Waals surface area contributed by atoms with E-state index < -0.39 is 0 Å². The molecular weight excluding hydrogens is 262 g/mol. The minimum absolute atomic E-state index is 0.0861. The van der Waals surface area contributed by atoms with Crippen LogP contribution in [-0.4, -0.2) is 17.6 Å². The van der Waals surface area contributed by atoms with Crippen molar-refractivity contribution in [3.05, 3.63) is 0 Å². The molecule has 1 aliphatic carbocycles. The number of amides is 1. The zero-order valence-corrected chi connectivity index (χ0v) is 13.1. The number of hydrogen-bond donors (Lipinski definition) is 1. The first-order chi connectivity index (χ1) is 7.13. The quantitative estimate of drug-likeness (QED) is 0.775. The summed E-state index contributed by atoms with van der Waals surface area (Å²) in [6, 6.07) is 0.475. The van der Waals surface area contributed by atoms with Crippen LogP contribution < -0.4 is 5.32 Å². The molecule has 6 heteroatoms. The molecule has 1 N–H and O–H groups in total. The fraction of sp³-hybridized carbons (Fsp3) is 0.889. The van der Waals surface area contributed by atoms with Gasteiger partial charge in [0.15, 0.2) is 0 Å². The molecule has 1 aliphatic heterocycles. The summed E-state index contributed by atoms with van der Waals surface area (Å²) in [7, 11) is 7.00. The van der Waals surface area contributed by atoms with Gasteiger partial charge in [0.05, 0.1) is 0 Å². The van der Waals surface area contributed by atoms with Gasteiger partial charge in [-0.3, -0.25) is 4.79 Å². The zero-order valence-electron chi connectivity index (χ0n) is 8.94. The first-order valence-corrected chi connectivity index (χ1v) is 12.1. The molecule has 2 rings (SSSR count). The van der Waals surface area contributed by atoms with Gasteiger partial charge < -0.3 is 5.32 Å². The highest BCUT2D eigenvalue weighted by molar-refractivity contribution is 8.61. The SMILES string of the molecule is C[C@@H]1C2NC(=O)CCC2C[C@@H]1P(P)PP. The highest BCUT2D eigenvalue weighted by atomic mass is 32.6. The summed E-state index contributed by atoms with van der Waals surface area (Å²) in [5.74, 6) is 1.70. The van der Waals surface area contributed by atoms with Crippen molar-refractivity contribution in [1.82, 2.24) is 5.32 Å². The molecule has 86 valence electrons. The number of rotatable bonds is 2. The van der Waals surface area contributed by atoms with Crippen LogP contribution in [0.2, 0.25) is 0 Å². The van der Waals surface area contributed by atoms with E-state index >= 15 is 0 Å². The second kappa shape index (κ2) is 5.23. The van der Waals surface area contributed by atoms with Crippen LogP contribution in [0, 0.1) is 11.8 Å². The topological polar surface area (TPSA) is 29.1 Å². The average molecular weight is 281 g/mol. The first-order valence-electron chi connectivity index (χ1n) is 5.43. The lowest BCUT2D eigenvalue weighted by atomic mass is 9.91. The number of hydrogen-bond acceptors (Lipinski definition) is 1. The summed E-state index contributed by atoms with van der Waals surface area (Å²) in [5, 5.41) is 3.20.